The van der Waals surface area contributed by atoms with Crippen molar-refractivity contribution in [2.75, 3.05) is 46.1 Å². The quantitative estimate of drug-likeness (QED) is 0.211. The topological polar surface area (TPSA) is 149 Å². The molecule has 0 radical (unpaired) electrons. The third-order valence-corrected chi connectivity index (χ3v) is 7.97. The number of hydrogen-bond acceptors (Lipinski definition) is 8. The van der Waals surface area contributed by atoms with Crippen molar-refractivity contribution >= 4 is 37.7 Å². The number of amides is 3. The highest BCUT2D eigenvalue weighted by atomic mass is 28.3. The van der Waals surface area contributed by atoms with Crippen LogP contribution < -0.4 is 16.0 Å². The normalized spacial score (nSPS) is 12.1. The van der Waals surface area contributed by atoms with Gasteiger partial charge in [0.05, 0.1) is 19.7 Å². The second-order valence-corrected chi connectivity index (χ2v) is 16.4. The zero-order valence-corrected chi connectivity index (χ0v) is 24.6. The van der Waals surface area contributed by atoms with Gasteiger partial charge in [-0.05, 0) is 28.3 Å². The van der Waals surface area contributed by atoms with E-state index >= 15 is 0 Å². The van der Waals surface area contributed by atoms with Crippen LogP contribution in [0.25, 0.3) is 11.1 Å². The monoisotopic (exact) mass is 583 g/mol. The molecule has 3 rings (SSSR count). The number of benzene rings is 2. The second-order valence-electron chi connectivity index (χ2n) is 10.8. The highest BCUT2D eigenvalue weighted by Gasteiger charge is 2.29. The van der Waals surface area contributed by atoms with Crippen LogP contribution in [0.3, 0.4) is 0 Å². The van der Waals surface area contributed by atoms with E-state index in [9.17, 15) is 24.0 Å². The number of nitrogens with one attached hydrogen (secondary N) is 3. The molecule has 0 bridgehead atoms. The van der Waals surface area contributed by atoms with Gasteiger partial charge in [-0.3, -0.25) is 19.2 Å². The van der Waals surface area contributed by atoms with Crippen molar-refractivity contribution in [3.8, 4) is 11.1 Å². The molecule has 3 N–H and O–H groups in total. The summed E-state index contributed by atoms with van der Waals surface area (Å²) in [5.74, 6) is -3.04. The molecule has 0 heterocycles. The van der Waals surface area contributed by atoms with E-state index in [0.717, 1.165) is 28.3 Å². The fourth-order valence-electron chi connectivity index (χ4n) is 4.11. The van der Waals surface area contributed by atoms with Crippen LogP contribution in [0.4, 0.5) is 0 Å². The largest absolute Gasteiger partial charge is 0.464 e. The summed E-state index contributed by atoms with van der Waals surface area (Å²) in [7, 11) is -1.31. The molecule has 11 nitrogen and oxygen atoms in total. The molecule has 0 spiro atoms. The number of ether oxygens (including phenoxy) is 3. The average Bonchev–Trinajstić information content (AvgIpc) is 3.25. The molecule has 1 aliphatic rings. The highest BCUT2D eigenvalue weighted by Crippen LogP contribution is 2.44. The Kier molecular flexibility index (Phi) is 11.6. The van der Waals surface area contributed by atoms with Gasteiger partial charge in [-0.15, -0.1) is 0 Å². The van der Waals surface area contributed by atoms with Crippen molar-refractivity contribution in [3.05, 3.63) is 59.7 Å². The number of carbonyl (C=O) groups excluding carboxylic acids is 5. The maximum Gasteiger partial charge on any atom is 0.332 e. The minimum Gasteiger partial charge on any atom is -0.464 e. The highest BCUT2D eigenvalue weighted by molar-refractivity contribution is 6.76. The standard InChI is InChI=1S/C29H37N3O8Si/c1-41(2,3)13-12-39-29(37)19-38-18-27(35)31-15-25(33)30-14-26(34)32-16-28(36)40-17-24-22-10-6-4-8-20(22)21-9-5-7-11-23(21)24/h4-11,24H,12-19H2,1-3H3,(H,30,33)(H,31,35)(H,32,34). The van der Waals surface area contributed by atoms with Gasteiger partial charge in [0.25, 0.3) is 0 Å². The molecule has 0 unspecified atom stereocenters. The summed E-state index contributed by atoms with van der Waals surface area (Å²) in [6.07, 6.45) is 0. The minimum absolute atomic E-state index is 0.0874. The first-order chi connectivity index (χ1) is 19.5. The lowest BCUT2D eigenvalue weighted by molar-refractivity contribution is -0.149. The van der Waals surface area contributed by atoms with Crippen molar-refractivity contribution in [3.63, 3.8) is 0 Å². The van der Waals surface area contributed by atoms with Crippen LogP contribution in [-0.4, -0.2) is 83.8 Å². The summed E-state index contributed by atoms with van der Waals surface area (Å²) in [6.45, 7) is 5.05. The van der Waals surface area contributed by atoms with Gasteiger partial charge in [0.1, 0.15) is 26.4 Å². The fraction of sp³-hybridized carbons (Fsp3) is 0.414. The second kappa shape index (κ2) is 15.1. The van der Waals surface area contributed by atoms with Crippen LogP contribution in [-0.2, 0) is 38.2 Å². The van der Waals surface area contributed by atoms with Gasteiger partial charge in [0.2, 0.25) is 17.7 Å². The number of fused-ring (bicyclic) bond motifs is 3. The summed E-state index contributed by atoms with van der Waals surface area (Å²) in [4.78, 5) is 59.6. The predicted octanol–water partition coefficient (Wildman–Crippen LogP) is 1.59. The van der Waals surface area contributed by atoms with Gasteiger partial charge in [-0.1, -0.05) is 68.2 Å². The van der Waals surface area contributed by atoms with Gasteiger partial charge in [-0.25, -0.2) is 4.79 Å². The Bertz CT molecular complexity index is 1220. The van der Waals surface area contributed by atoms with E-state index in [1.165, 1.54) is 0 Å². The van der Waals surface area contributed by atoms with Crippen LogP contribution in [0.1, 0.15) is 17.0 Å². The third-order valence-electron chi connectivity index (χ3n) is 6.26. The number of esters is 2. The lowest BCUT2D eigenvalue weighted by Crippen LogP contribution is -2.43. The summed E-state index contributed by atoms with van der Waals surface area (Å²) in [5, 5.41) is 7.06. The molecule has 0 aromatic heterocycles. The first-order valence-corrected chi connectivity index (χ1v) is 17.1. The van der Waals surface area contributed by atoms with E-state index in [2.05, 4.69) is 35.6 Å². The Labute approximate surface area is 240 Å². The van der Waals surface area contributed by atoms with E-state index < -0.39 is 44.3 Å². The number of rotatable bonds is 15. The Morgan fingerprint density at radius 1 is 0.683 bits per heavy atom. The molecular formula is C29H37N3O8Si. The lowest BCUT2D eigenvalue weighted by Gasteiger charge is -2.15. The van der Waals surface area contributed by atoms with Gasteiger partial charge in [0.15, 0.2) is 0 Å². The van der Waals surface area contributed by atoms with Crippen molar-refractivity contribution in [2.45, 2.75) is 31.6 Å². The Morgan fingerprint density at radius 2 is 1.22 bits per heavy atom. The van der Waals surface area contributed by atoms with E-state index in [4.69, 9.17) is 14.2 Å². The summed E-state index contributed by atoms with van der Waals surface area (Å²) in [6, 6.07) is 16.8. The van der Waals surface area contributed by atoms with E-state index in [1.807, 2.05) is 48.5 Å². The molecule has 1 aliphatic carbocycles. The molecule has 220 valence electrons. The van der Waals surface area contributed by atoms with Crippen molar-refractivity contribution < 1.29 is 38.2 Å². The smallest absolute Gasteiger partial charge is 0.332 e. The van der Waals surface area contributed by atoms with Crippen molar-refractivity contribution in [1.29, 1.82) is 0 Å². The summed E-state index contributed by atoms with van der Waals surface area (Å²) in [5.41, 5.74) is 4.40. The van der Waals surface area contributed by atoms with E-state index in [0.29, 0.717) is 6.61 Å². The molecule has 2 aromatic carbocycles. The Balaban J connectivity index is 1.26. The molecule has 2 aromatic rings. The molecule has 12 heteroatoms. The molecule has 3 amide bonds. The van der Waals surface area contributed by atoms with Crippen LogP contribution in [0.5, 0.6) is 0 Å². The number of carbonyl (C=O) groups is 5. The lowest BCUT2D eigenvalue weighted by atomic mass is 9.98. The molecule has 41 heavy (non-hydrogen) atoms. The maximum absolute atomic E-state index is 12.3. The molecule has 0 saturated heterocycles. The predicted molar refractivity (Wildman–Crippen MR) is 154 cm³/mol. The van der Waals surface area contributed by atoms with Crippen molar-refractivity contribution in [2.24, 2.45) is 0 Å². The Hall–Kier alpha value is -4.03. The molecule has 0 saturated carbocycles. The van der Waals surface area contributed by atoms with Gasteiger partial charge < -0.3 is 30.2 Å². The van der Waals surface area contributed by atoms with E-state index in [-0.39, 0.29) is 38.8 Å². The third kappa shape index (κ3) is 10.5. The summed E-state index contributed by atoms with van der Waals surface area (Å²) < 4.78 is 15.5. The average molecular weight is 584 g/mol. The maximum atomic E-state index is 12.3. The molecule has 0 atom stereocenters. The van der Waals surface area contributed by atoms with Crippen LogP contribution in [0, 0.1) is 0 Å². The van der Waals surface area contributed by atoms with Crippen LogP contribution in [0.15, 0.2) is 48.5 Å². The Morgan fingerprint density at radius 3 is 1.80 bits per heavy atom. The first kappa shape index (κ1) is 31.5. The minimum atomic E-state index is -1.31. The SMILES string of the molecule is C[Si](C)(C)CCOC(=O)COCC(=O)NCC(=O)NCC(=O)NCC(=O)OCC1c2ccccc2-c2ccccc21. The molecule has 0 fully saturated rings. The zero-order valence-electron chi connectivity index (χ0n) is 23.6. The fourth-order valence-corrected chi connectivity index (χ4v) is 4.83. The molecular weight excluding hydrogens is 546 g/mol. The van der Waals surface area contributed by atoms with Crippen molar-refractivity contribution in [1.82, 2.24) is 16.0 Å². The zero-order chi connectivity index (χ0) is 29.8. The van der Waals surface area contributed by atoms with Gasteiger partial charge in [0, 0.05) is 14.0 Å². The van der Waals surface area contributed by atoms with E-state index in [1.54, 1.807) is 0 Å². The van der Waals surface area contributed by atoms with Crippen LogP contribution >= 0.6 is 0 Å². The summed E-state index contributed by atoms with van der Waals surface area (Å²) >= 11 is 0. The molecule has 0 aliphatic heterocycles. The van der Waals surface area contributed by atoms with Crippen LogP contribution in [0.2, 0.25) is 25.7 Å². The van der Waals surface area contributed by atoms with Gasteiger partial charge in [-0.2, -0.15) is 0 Å². The first-order valence-electron chi connectivity index (χ1n) is 13.4. The van der Waals surface area contributed by atoms with Gasteiger partial charge >= 0.3 is 11.9 Å². The number of hydrogen-bond donors (Lipinski definition) is 3.